The Bertz CT molecular complexity index is 634. The van der Waals surface area contributed by atoms with E-state index in [0.29, 0.717) is 19.4 Å². The zero-order chi connectivity index (χ0) is 22.1. The summed E-state index contributed by atoms with van der Waals surface area (Å²) >= 11 is 0. The molecule has 1 rings (SSSR count). The molecule has 1 aliphatic heterocycles. The lowest BCUT2D eigenvalue weighted by molar-refractivity contribution is -0.144. The zero-order valence-electron chi connectivity index (χ0n) is 16.9. The van der Waals surface area contributed by atoms with Crippen molar-refractivity contribution in [3.8, 4) is 0 Å². The Morgan fingerprint density at radius 3 is 2.17 bits per heavy atom. The fourth-order valence-electron chi connectivity index (χ4n) is 2.91. The molecule has 3 amide bonds. The lowest BCUT2D eigenvalue weighted by Gasteiger charge is -2.25. The molecule has 29 heavy (non-hydrogen) atoms. The van der Waals surface area contributed by atoms with Crippen molar-refractivity contribution < 1.29 is 34.2 Å². The summed E-state index contributed by atoms with van der Waals surface area (Å²) in [4.78, 5) is 59.4. The van der Waals surface area contributed by atoms with Gasteiger partial charge in [0.1, 0.15) is 18.1 Å². The Morgan fingerprint density at radius 1 is 1.03 bits per heavy atom. The van der Waals surface area contributed by atoms with E-state index in [0.717, 1.165) is 6.42 Å². The third-order valence-electron chi connectivity index (χ3n) is 4.92. The molecule has 0 spiro atoms. The van der Waals surface area contributed by atoms with Crippen molar-refractivity contribution in [2.75, 3.05) is 6.54 Å². The SMILES string of the molecule is CCC(C)C(NC(=O)C(CC(=O)O)NC(=O)C(C)NC(=O)C1CCCN1)C(=O)O. The van der Waals surface area contributed by atoms with E-state index < -0.39 is 60.3 Å². The fraction of sp³-hybridized carbons (Fsp3) is 0.722. The second-order valence-corrected chi connectivity index (χ2v) is 7.25. The largest absolute Gasteiger partial charge is 0.481 e. The topological polar surface area (TPSA) is 174 Å². The van der Waals surface area contributed by atoms with Gasteiger partial charge in [0.05, 0.1) is 12.5 Å². The van der Waals surface area contributed by atoms with Crippen LogP contribution in [0, 0.1) is 5.92 Å². The van der Waals surface area contributed by atoms with Crippen LogP contribution < -0.4 is 21.3 Å². The van der Waals surface area contributed by atoms with Crippen molar-refractivity contribution in [2.24, 2.45) is 5.92 Å². The number of carbonyl (C=O) groups excluding carboxylic acids is 3. The maximum Gasteiger partial charge on any atom is 0.326 e. The highest BCUT2D eigenvalue weighted by atomic mass is 16.4. The van der Waals surface area contributed by atoms with Crippen LogP contribution in [0.15, 0.2) is 0 Å². The molecule has 164 valence electrons. The highest BCUT2D eigenvalue weighted by molar-refractivity contribution is 5.95. The van der Waals surface area contributed by atoms with Crippen LogP contribution in [0.25, 0.3) is 0 Å². The number of carbonyl (C=O) groups is 5. The number of carboxylic acid groups (broad SMARTS) is 2. The summed E-state index contributed by atoms with van der Waals surface area (Å²) in [5, 5.41) is 28.4. The highest BCUT2D eigenvalue weighted by Crippen LogP contribution is 2.09. The molecule has 1 fully saturated rings. The van der Waals surface area contributed by atoms with Crippen LogP contribution >= 0.6 is 0 Å². The van der Waals surface area contributed by atoms with E-state index in [1.54, 1.807) is 13.8 Å². The van der Waals surface area contributed by atoms with E-state index in [1.165, 1.54) is 6.92 Å². The number of hydrogen-bond acceptors (Lipinski definition) is 6. The van der Waals surface area contributed by atoms with E-state index >= 15 is 0 Å². The van der Waals surface area contributed by atoms with Crippen molar-refractivity contribution in [2.45, 2.75) is 70.6 Å². The smallest absolute Gasteiger partial charge is 0.326 e. The zero-order valence-corrected chi connectivity index (χ0v) is 16.9. The van der Waals surface area contributed by atoms with Gasteiger partial charge in [0.25, 0.3) is 0 Å². The van der Waals surface area contributed by atoms with E-state index in [-0.39, 0.29) is 5.91 Å². The third kappa shape index (κ3) is 7.68. The van der Waals surface area contributed by atoms with Crippen molar-refractivity contribution in [1.29, 1.82) is 0 Å². The van der Waals surface area contributed by atoms with Crippen LogP contribution in [0.4, 0.5) is 0 Å². The van der Waals surface area contributed by atoms with Gasteiger partial charge in [0.2, 0.25) is 17.7 Å². The predicted molar refractivity (Wildman–Crippen MR) is 102 cm³/mol. The van der Waals surface area contributed by atoms with Gasteiger partial charge < -0.3 is 31.5 Å². The van der Waals surface area contributed by atoms with Gasteiger partial charge in [-0.2, -0.15) is 0 Å². The first-order valence-electron chi connectivity index (χ1n) is 9.65. The van der Waals surface area contributed by atoms with E-state index in [9.17, 15) is 29.1 Å². The van der Waals surface area contributed by atoms with Gasteiger partial charge in [-0.25, -0.2) is 4.79 Å². The first-order valence-corrected chi connectivity index (χ1v) is 9.65. The molecular formula is C18H30N4O7. The van der Waals surface area contributed by atoms with Gasteiger partial charge in [-0.05, 0) is 32.2 Å². The molecule has 0 radical (unpaired) electrons. The minimum atomic E-state index is -1.48. The van der Waals surface area contributed by atoms with Gasteiger partial charge >= 0.3 is 11.9 Å². The highest BCUT2D eigenvalue weighted by Gasteiger charge is 2.32. The lowest BCUT2D eigenvalue weighted by Crippen LogP contribution is -2.57. The Hall–Kier alpha value is -2.69. The predicted octanol–water partition coefficient (Wildman–Crippen LogP) is -1.18. The summed E-state index contributed by atoms with van der Waals surface area (Å²) < 4.78 is 0. The maximum absolute atomic E-state index is 12.5. The van der Waals surface area contributed by atoms with Crippen LogP contribution in [0.2, 0.25) is 0 Å². The fourth-order valence-corrected chi connectivity index (χ4v) is 2.91. The molecule has 6 N–H and O–H groups in total. The standard InChI is InChI=1S/C18H30N4O7/c1-4-9(2)14(18(28)29)22-17(27)12(8-13(23)24)21-15(25)10(3)20-16(26)11-6-5-7-19-11/h9-12,14,19H,4-8H2,1-3H3,(H,20,26)(H,21,25)(H,22,27)(H,23,24)(H,28,29). The quantitative estimate of drug-likeness (QED) is 0.245. The monoisotopic (exact) mass is 414 g/mol. The van der Waals surface area contributed by atoms with Gasteiger partial charge in [0.15, 0.2) is 0 Å². The summed E-state index contributed by atoms with van der Waals surface area (Å²) in [5.74, 6) is -5.00. The normalized spacial score (nSPS) is 20.0. The second kappa shape index (κ2) is 11.3. The van der Waals surface area contributed by atoms with Gasteiger partial charge in [0, 0.05) is 0 Å². The van der Waals surface area contributed by atoms with Gasteiger partial charge in [-0.3, -0.25) is 19.2 Å². The second-order valence-electron chi connectivity index (χ2n) is 7.25. The van der Waals surface area contributed by atoms with Crippen LogP contribution in [0.5, 0.6) is 0 Å². The Kier molecular flexibility index (Phi) is 9.53. The van der Waals surface area contributed by atoms with Crippen LogP contribution in [0.3, 0.4) is 0 Å². The van der Waals surface area contributed by atoms with Gasteiger partial charge in [-0.15, -0.1) is 0 Å². The average molecular weight is 414 g/mol. The molecule has 1 saturated heterocycles. The van der Waals surface area contributed by atoms with Crippen molar-refractivity contribution >= 4 is 29.7 Å². The number of nitrogens with one attached hydrogen (secondary N) is 4. The van der Waals surface area contributed by atoms with Crippen molar-refractivity contribution in [1.82, 2.24) is 21.3 Å². The third-order valence-corrected chi connectivity index (χ3v) is 4.92. The summed E-state index contributed by atoms with van der Waals surface area (Å²) in [6, 6.07) is -4.09. The Labute approximate surface area is 169 Å². The molecule has 0 aromatic heterocycles. The number of rotatable bonds is 11. The molecule has 0 bridgehead atoms. The van der Waals surface area contributed by atoms with Crippen molar-refractivity contribution in [3.63, 3.8) is 0 Å². The average Bonchev–Trinajstić information content (AvgIpc) is 3.18. The van der Waals surface area contributed by atoms with Gasteiger partial charge in [-0.1, -0.05) is 20.3 Å². The number of amides is 3. The summed E-state index contributed by atoms with van der Waals surface area (Å²) in [6.07, 6.45) is 1.25. The van der Waals surface area contributed by atoms with E-state index in [4.69, 9.17) is 5.11 Å². The minimum absolute atomic E-state index is 0.355. The Balaban J connectivity index is 2.76. The molecule has 0 aromatic rings. The molecule has 5 unspecified atom stereocenters. The summed E-state index contributed by atoms with van der Waals surface area (Å²) in [7, 11) is 0. The van der Waals surface area contributed by atoms with Crippen molar-refractivity contribution in [3.05, 3.63) is 0 Å². The summed E-state index contributed by atoms with van der Waals surface area (Å²) in [6.45, 7) is 5.52. The molecule has 1 heterocycles. The molecule has 5 atom stereocenters. The van der Waals surface area contributed by atoms with Crippen LogP contribution in [-0.2, 0) is 24.0 Å². The molecular weight excluding hydrogens is 384 g/mol. The van der Waals surface area contributed by atoms with E-state index in [2.05, 4.69) is 21.3 Å². The minimum Gasteiger partial charge on any atom is -0.481 e. The molecule has 1 aliphatic rings. The maximum atomic E-state index is 12.5. The lowest BCUT2D eigenvalue weighted by atomic mass is 9.98. The Morgan fingerprint density at radius 2 is 1.69 bits per heavy atom. The van der Waals surface area contributed by atoms with Crippen LogP contribution in [0.1, 0.15) is 46.5 Å². The molecule has 11 heteroatoms. The molecule has 0 aromatic carbocycles. The first kappa shape index (κ1) is 24.3. The number of aliphatic carboxylic acids is 2. The van der Waals surface area contributed by atoms with E-state index in [1.807, 2.05) is 0 Å². The number of carboxylic acids is 2. The molecule has 0 saturated carbocycles. The molecule has 11 nitrogen and oxygen atoms in total. The number of hydrogen-bond donors (Lipinski definition) is 6. The molecule has 0 aliphatic carbocycles. The van der Waals surface area contributed by atoms with Crippen LogP contribution in [-0.4, -0.2) is 70.6 Å². The summed E-state index contributed by atoms with van der Waals surface area (Å²) in [5.41, 5.74) is 0. The first-order chi connectivity index (χ1) is 13.6.